The molecule has 1 aromatic carbocycles. The largest absolute Gasteiger partial charge is 0.312 e. The van der Waals surface area contributed by atoms with Crippen LogP contribution in [0.2, 0.25) is 0 Å². The molecule has 1 nitrogen and oxygen atoms in total. The van der Waals surface area contributed by atoms with Crippen LogP contribution >= 0.6 is 0 Å². The van der Waals surface area contributed by atoms with Gasteiger partial charge in [-0.15, -0.1) is 0 Å². The molecule has 1 aliphatic carbocycles. The Morgan fingerprint density at radius 2 is 1.81 bits per heavy atom. The second-order valence-corrected chi connectivity index (χ2v) is 7.70. The van der Waals surface area contributed by atoms with Gasteiger partial charge in [-0.3, -0.25) is 0 Å². The summed E-state index contributed by atoms with van der Waals surface area (Å²) >= 11 is 0. The summed E-state index contributed by atoms with van der Waals surface area (Å²) in [4.78, 5) is 0. The number of aryl methyl sites for hydroxylation is 1. The summed E-state index contributed by atoms with van der Waals surface area (Å²) in [6.07, 6.45) is 6.34. The first kappa shape index (κ1) is 16.5. The number of halogens is 1. The van der Waals surface area contributed by atoms with Crippen LogP contribution in [-0.4, -0.2) is 12.1 Å². The molecule has 0 spiro atoms. The average molecular weight is 291 g/mol. The van der Waals surface area contributed by atoms with E-state index in [2.05, 4.69) is 32.2 Å². The third-order valence-corrected chi connectivity index (χ3v) is 4.55. The quantitative estimate of drug-likeness (QED) is 0.756. The first-order valence-electron chi connectivity index (χ1n) is 8.37. The van der Waals surface area contributed by atoms with E-state index < -0.39 is 0 Å². The molecular formula is C19H30FN. The van der Waals surface area contributed by atoms with Crippen LogP contribution in [0.4, 0.5) is 4.39 Å². The van der Waals surface area contributed by atoms with E-state index in [0.717, 1.165) is 12.1 Å². The minimum absolute atomic E-state index is 0.0863. The van der Waals surface area contributed by atoms with E-state index in [0.29, 0.717) is 11.8 Å². The third-order valence-electron chi connectivity index (χ3n) is 4.55. The van der Waals surface area contributed by atoms with E-state index in [1.807, 2.05) is 6.92 Å². The molecule has 0 heterocycles. The van der Waals surface area contributed by atoms with Crippen LogP contribution in [0.1, 0.15) is 69.9 Å². The lowest BCUT2D eigenvalue weighted by molar-refractivity contribution is 0.321. The molecule has 1 aromatic rings. The zero-order valence-corrected chi connectivity index (χ0v) is 14.0. The van der Waals surface area contributed by atoms with Gasteiger partial charge in [0.15, 0.2) is 0 Å². The molecule has 1 fully saturated rings. The Balaban J connectivity index is 2.18. The fourth-order valence-corrected chi connectivity index (χ4v) is 3.48. The molecule has 0 aliphatic heterocycles. The van der Waals surface area contributed by atoms with Crippen molar-refractivity contribution in [3.05, 3.63) is 35.1 Å². The fourth-order valence-electron chi connectivity index (χ4n) is 3.48. The van der Waals surface area contributed by atoms with Gasteiger partial charge in [0.2, 0.25) is 0 Å². The number of rotatable bonds is 3. The van der Waals surface area contributed by atoms with Crippen LogP contribution in [0.25, 0.3) is 0 Å². The Morgan fingerprint density at radius 1 is 1.10 bits per heavy atom. The van der Waals surface area contributed by atoms with Crippen molar-refractivity contribution < 1.29 is 4.39 Å². The van der Waals surface area contributed by atoms with Gasteiger partial charge < -0.3 is 5.32 Å². The molecule has 0 aromatic heterocycles. The van der Waals surface area contributed by atoms with Crippen LogP contribution in [-0.2, 0) is 0 Å². The van der Waals surface area contributed by atoms with Crippen molar-refractivity contribution in [3.8, 4) is 0 Å². The van der Waals surface area contributed by atoms with E-state index in [1.54, 1.807) is 12.1 Å². The Kier molecular flexibility index (Phi) is 5.43. The lowest BCUT2D eigenvalue weighted by Crippen LogP contribution is -2.40. The zero-order valence-electron chi connectivity index (χ0n) is 14.0. The normalized spacial score (nSPS) is 23.9. The van der Waals surface area contributed by atoms with Crippen LogP contribution in [0.5, 0.6) is 0 Å². The minimum Gasteiger partial charge on any atom is -0.312 e. The standard InChI is InChI=1S/C19H30FN/c1-14-10-16(12-17(20)11-14)18-9-7-5-6-8-15(18)13-21-19(2,3)4/h10-12,15,18,21H,5-9,13H2,1-4H3. The molecule has 2 atom stereocenters. The second-order valence-electron chi connectivity index (χ2n) is 7.70. The molecule has 0 amide bonds. The van der Waals surface area contributed by atoms with Gasteiger partial charge >= 0.3 is 0 Å². The van der Waals surface area contributed by atoms with E-state index >= 15 is 0 Å². The van der Waals surface area contributed by atoms with Gasteiger partial charge in [0, 0.05) is 5.54 Å². The van der Waals surface area contributed by atoms with Crippen molar-refractivity contribution in [2.24, 2.45) is 5.92 Å². The molecule has 2 rings (SSSR count). The Labute approximate surface area is 129 Å². The molecular weight excluding hydrogens is 261 g/mol. The highest BCUT2D eigenvalue weighted by atomic mass is 19.1. The maximum absolute atomic E-state index is 13.8. The van der Waals surface area contributed by atoms with Crippen LogP contribution < -0.4 is 5.32 Å². The monoisotopic (exact) mass is 291 g/mol. The lowest BCUT2D eigenvalue weighted by atomic mass is 9.81. The van der Waals surface area contributed by atoms with Gasteiger partial charge in [-0.05, 0) is 82.2 Å². The smallest absolute Gasteiger partial charge is 0.123 e. The molecule has 0 bridgehead atoms. The zero-order chi connectivity index (χ0) is 15.5. The van der Waals surface area contributed by atoms with Crippen molar-refractivity contribution in [1.29, 1.82) is 0 Å². The molecule has 0 radical (unpaired) electrons. The van der Waals surface area contributed by atoms with Crippen LogP contribution in [0.15, 0.2) is 18.2 Å². The Hall–Kier alpha value is -0.890. The van der Waals surface area contributed by atoms with E-state index in [4.69, 9.17) is 0 Å². The summed E-state index contributed by atoms with van der Waals surface area (Å²) in [7, 11) is 0. The van der Waals surface area contributed by atoms with Crippen molar-refractivity contribution in [3.63, 3.8) is 0 Å². The molecule has 1 aliphatic rings. The second kappa shape index (κ2) is 6.91. The van der Waals surface area contributed by atoms with Gasteiger partial charge in [-0.1, -0.05) is 25.3 Å². The highest BCUT2D eigenvalue weighted by Crippen LogP contribution is 2.37. The van der Waals surface area contributed by atoms with Gasteiger partial charge in [0.1, 0.15) is 5.82 Å². The topological polar surface area (TPSA) is 12.0 Å². The number of nitrogens with one attached hydrogen (secondary N) is 1. The molecule has 1 N–H and O–H groups in total. The fraction of sp³-hybridized carbons (Fsp3) is 0.684. The van der Waals surface area contributed by atoms with Gasteiger partial charge in [0.25, 0.3) is 0 Å². The van der Waals surface area contributed by atoms with E-state index in [9.17, 15) is 4.39 Å². The molecule has 2 heteroatoms. The summed E-state index contributed by atoms with van der Waals surface area (Å²) in [5, 5.41) is 3.65. The summed E-state index contributed by atoms with van der Waals surface area (Å²) in [5.74, 6) is 1.03. The van der Waals surface area contributed by atoms with E-state index in [-0.39, 0.29) is 11.4 Å². The maximum Gasteiger partial charge on any atom is 0.123 e. The minimum atomic E-state index is -0.0863. The van der Waals surface area contributed by atoms with Crippen molar-refractivity contribution >= 4 is 0 Å². The van der Waals surface area contributed by atoms with E-state index in [1.165, 1.54) is 37.7 Å². The lowest BCUT2D eigenvalue weighted by Gasteiger charge is -2.30. The number of benzene rings is 1. The van der Waals surface area contributed by atoms with Crippen LogP contribution in [0.3, 0.4) is 0 Å². The predicted molar refractivity (Wildman–Crippen MR) is 88.2 cm³/mol. The highest BCUT2D eigenvalue weighted by molar-refractivity contribution is 5.27. The average Bonchev–Trinajstić information content (AvgIpc) is 2.59. The van der Waals surface area contributed by atoms with Gasteiger partial charge in [-0.2, -0.15) is 0 Å². The summed E-state index contributed by atoms with van der Waals surface area (Å²) < 4.78 is 13.8. The summed E-state index contributed by atoms with van der Waals surface area (Å²) in [6, 6.07) is 5.57. The summed E-state index contributed by atoms with van der Waals surface area (Å²) in [6.45, 7) is 9.66. The Morgan fingerprint density at radius 3 is 2.48 bits per heavy atom. The van der Waals surface area contributed by atoms with Crippen molar-refractivity contribution in [2.75, 3.05) is 6.54 Å². The summed E-state index contributed by atoms with van der Waals surface area (Å²) in [5.41, 5.74) is 2.39. The van der Waals surface area contributed by atoms with Crippen LogP contribution in [0, 0.1) is 18.7 Å². The van der Waals surface area contributed by atoms with Crippen molar-refractivity contribution in [1.82, 2.24) is 5.32 Å². The number of hydrogen-bond donors (Lipinski definition) is 1. The number of hydrogen-bond acceptors (Lipinski definition) is 1. The van der Waals surface area contributed by atoms with Gasteiger partial charge in [0.05, 0.1) is 0 Å². The van der Waals surface area contributed by atoms with Gasteiger partial charge in [-0.25, -0.2) is 4.39 Å². The first-order chi connectivity index (χ1) is 9.85. The predicted octanol–water partition coefficient (Wildman–Crippen LogP) is 5.19. The molecule has 0 saturated heterocycles. The molecule has 21 heavy (non-hydrogen) atoms. The maximum atomic E-state index is 13.8. The Bertz CT molecular complexity index is 441. The SMILES string of the molecule is Cc1cc(F)cc(C2CCCCCC2CNC(C)(C)C)c1. The first-order valence-corrected chi connectivity index (χ1v) is 8.37. The highest BCUT2D eigenvalue weighted by Gasteiger charge is 2.26. The third kappa shape index (κ3) is 5.10. The molecule has 2 unspecified atom stereocenters. The van der Waals surface area contributed by atoms with Crippen molar-refractivity contribution in [2.45, 2.75) is 71.3 Å². The molecule has 1 saturated carbocycles. The molecule has 118 valence electrons.